The molecule has 5 aromatic rings. The highest BCUT2D eigenvalue weighted by Gasteiger charge is 2.26. The van der Waals surface area contributed by atoms with E-state index in [0.29, 0.717) is 5.82 Å². The van der Waals surface area contributed by atoms with Crippen molar-refractivity contribution in [2.24, 2.45) is 0 Å². The van der Waals surface area contributed by atoms with Crippen LogP contribution in [0.1, 0.15) is 23.6 Å². The van der Waals surface area contributed by atoms with Crippen molar-refractivity contribution < 1.29 is 0 Å². The molecule has 6 nitrogen and oxygen atoms in total. The second kappa shape index (κ2) is 6.17. The minimum Gasteiger partial charge on any atom is -0.383 e. The zero-order valence-electron chi connectivity index (χ0n) is 15.9. The van der Waals surface area contributed by atoms with E-state index in [0.717, 1.165) is 47.0 Å². The number of nitrogens with two attached hydrogens (primary N) is 1. The fourth-order valence-electron chi connectivity index (χ4n) is 4.56. The molecule has 3 heterocycles. The van der Waals surface area contributed by atoms with Crippen LogP contribution >= 0.6 is 0 Å². The Labute approximate surface area is 167 Å². The maximum absolute atomic E-state index is 6.31. The summed E-state index contributed by atoms with van der Waals surface area (Å²) in [5.74, 6) is 1.25. The third-order valence-corrected chi connectivity index (χ3v) is 5.99. The van der Waals surface area contributed by atoms with E-state index >= 15 is 0 Å². The predicted octanol–water partition coefficient (Wildman–Crippen LogP) is 4.08. The summed E-state index contributed by atoms with van der Waals surface area (Å²) in [5, 5.41) is 7.01. The van der Waals surface area contributed by atoms with Gasteiger partial charge < -0.3 is 5.73 Å². The third kappa shape index (κ3) is 2.45. The van der Waals surface area contributed by atoms with Gasteiger partial charge in [-0.2, -0.15) is 5.10 Å². The van der Waals surface area contributed by atoms with E-state index in [1.807, 2.05) is 18.3 Å². The number of hydrogen-bond acceptors (Lipinski definition) is 4. The lowest BCUT2D eigenvalue weighted by Crippen LogP contribution is -2.20. The summed E-state index contributed by atoms with van der Waals surface area (Å²) in [4.78, 5) is 8.83. The van der Waals surface area contributed by atoms with Crippen molar-refractivity contribution in [3.8, 4) is 5.82 Å². The van der Waals surface area contributed by atoms with Crippen LogP contribution in [-0.2, 0) is 12.8 Å². The molecule has 1 unspecified atom stereocenters. The summed E-state index contributed by atoms with van der Waals surface area (Å²) < 4.78 is 4.15. The summed E-state index contributed by atoms with van der Waals surface area (Å²) in [6.45, 7) is 0. The fourth-order valence-corrected chi connectivity index (χ4v) is 4.56. The van der Waals surface area contributed by atoms with Crippen LogP contribution < -0.4 is 5.73 Å². The predicted molar refractivity (Wildman–Crippen MR) is 114 cm³/mol. The van der Waals surface area contributed by atoms with Gasteiger partial charge in [0.15, 0.2) is 11.5 Å². The summed E-state index contributed by atoms with van der Waals surface area (Å²) >= 11 is 0. The highest BCUT2D eigenvalue weighted by atomic mass is 15.4. The number of benzene rings is 2. The first kappa shape index (κ1) is 16.3. The lowest BCUT2D eigenvalue weighted by atomic mass is 9.88. The minimum atomic E-state index is 0.247. The van der Waals surface area contributed by atoms with Crippen LogP contribution in [-0.4, -0.2) is 24.3 Å². The minimum absolute atomic E-state index is 0.247. The topological polar surface area (TPSA) is 74.6 Å². The Morgan fingerprint density at radius 1 is 0.931 bits per heavy atom. The third-order valence-electron chi connectivity index (χ3n) is 5.99. The molecule has 142 valence electrons. The average Bonchev–Trinajstić information content (AvgIpc) is 3.36. The van der Waals surface area contributed by atoms with E-state index < -0.39 is 0 Å². The van der Waals surface area contributed by atoms with E-state index in [1.54, 1.807) is 0 Å². The van der Waals surface area contributed by atoms with Gasteiger partial charge in [-0.25, -0.2) is 14.6 Å². The average molecular weight is 380 g/mol. The lowest BCUT2D eigenvalue weighted by molar-refractivity contribution is 0.413. The Morgan fingerprint density at radius 3 is 2.69 bits per heavy atom. The monoisotopic (exact) mass is 380 g/mol. The number of nitrogen functional groups attached to an aromatic ring is 1. The number of para-hydroxylation sites is 1. The molecule has 29 heavy (non-hydrogen) atoms. The molecule has 0 saturated heterocycles. The molecule has 0 bridgehead atoms. The number of rotatable bonds is 2. The second-order valence-electron chi connectivity index (χ2n) is 7.64. The van der Waals surface area contributed by atoms with Crippen molar-refractivity contribution in [1.82, 2.24) is 24.3 Å². The van der Waals surface area contributed by atoms with Crippen molar-refractivity contribution in [1.29, 1.82) is 0 Å². The molecule has 2 N–H and O–H groups in total. The molecule has 0 amide bonds. The summed E-state index contributed by atoms with van der Waals surface area (Å²) in [5.41, 5.74) is 11.0. The molecule has 0 aliphatic heterocycles. The van der Waals surface area contributed by atoms with E-state index in [-0.39, 0.29) is 6.04 Å². The first-order chi connectivity index (χ1) is 14.3. The smallest absolute Gasteiger partial charge is 0.172 e. The van der Waals surface area contributed by atoms with Gasteiger partial charge in [0, 0.05) is 6.20 Å². The van der Waals surface area contributed by atoms with Crippen LogP contribution in [0.4, 0.5) is 5.82 Å². The maximum atomic E-state index is 6.31. The van der Waals surface area contributed by atoms with Gasteiger partial charge in [0.05, 0.1) is 11.6 Å². The molecule has 2 aromatic carbocycles. The zero-order chi connectivity index (χ0) is 19.4. The number of fused-ring (bicyclic) bond motifs is 3. The maximum Gasteiger partial charge on any atom is 0.172 e. The molecule has 0 radical (unpaired) electrons. The van der Waals surface area contributed by atoms with Crippen LogP contribution in [0.15, 0.2) is 67.1 Å². The molecule has 6 heteroatoms. The van der Waals surface area contributed by atoms with Crippen molar-refractivity contribution in [3.63, 3.8) is 0 Å². The number of nitrogens with zero attached hydrogens (tertiary/aromatic N) is 5. The molecule has 0 spiro atoms. The highest BCUT2D eigenvalue weighted by Crippen LogP contribution is 2.34. The standard InChI is InChI=1S/C23H20N6/c24-21-20-22(26-14-25-21)29(18-10-9-15-5-1-2-7-17(15)13-18)27-23(20)28-12-11-16-6-3-4-8-19(16)28/h1-8,11-12,14,18H,9-10,13H2,(H2,24,25,26). The fraction of sp³-hybridized carbons (Fsp3) is 0.174. The Bertz CT molecular complexity index is 1360. The van der Waals surface area contributed by atoms with E-state index in [1.165, 1.54) is 17.5 Å². The van der Waals surface area contributed by atoms with Crippen LogP contribution in [0, 0.1) is 0 Å². The van der Waals surface area contributed by atoms with E-state index in [2.05, 4.69) is 61.7 Å². The molecule has 1 aliphatic carbocycles. The van der Waals surface area contributed by atoms with Crippen LogP contribution in [0.2, 0.25) is 0 Å². The van der Waals surface area contributed by atoms with Gasteiger partial charge in [0.1, 0.15) is 17.5 Å². The van der Waals surface area contributed by atoms with Gasteiger partial charge in [0.25, 0.3) is 0 Å². The van der Waals surface area contributed by atoms with Crippen molar-refractivity contribution >= 4 is 27.8 Å². The second-order valence-corrected chi connectivity index (χ2v) is 7.64. The van der Waals surface area contributed by atoms with Crippen molar-refractivity contribution in [2.75, 3.05) is 5.73 Å². The van der Waals surface area contributed by atoms with Gasteiger partial charge in [-0.15, -0.1) is 0 Å². The highest BCUT2D eigenvalue weighted by molar-refractivity contribution is 5.94. The van der Waals surface area contributed by atoms with Crippen molar-refractivity contribution in [3.05, 3.63) is 78.2 Å². The van der Waals surface area contributed by atoms with Gasteiger partial charge in [-0.3, -0.25) is 4.57 Å². The van der Waals surface area contributed by atoms with Gasteiger partial charge in [0.2, 0.25) is 0 Å². The lowest BCUT2D eigenvalue weighted by Gasteiger charge is -2.25. The number of hydrogen-bond donors (Lipinski definition) is 1. The van der Waals surface area contributed by atoms with Gasteiger partial charge in [-0.05, 0) is 47.9 Å². The molecular weight excluding hydrogens is 360 g/mol. The normalized spacial score (nSPS) is 16.3. The molecule has 3 aromatic heterocycles. The molecule has 1 atom stereocenters. The quantitative estimate of drug-likeness (QED) is 0.501. The summed E-state index contributed by atoms with van der Waals surface area (Å²) in [6.07, 6.45) is 6.60. The van der Waals surface area contributed by atoms with Crippen molar-refractivity contribution in [2.45, 2.75) is 25.3 Å². The van der Waals surface area contributed by atoms with Gasteiger partial charge >= 0.3 is 0 Å². The van der Waals surface area contributed by atoms with Crippen LogP contribution in [0.3, 0.4) is 0 Å². The molecule has 6 rings (SSSR count). The number of anilines is 1. The van der Waals surface area contributed by atoms with E-state index in [4.69, 9.17) is 10.8 Å². The Balaban J connectivity index is 1.55. The molecule has 1 aliphatic rings. The Morgan fingerprint density at radius 2 is 1.76 bits per heavy atom. The first-order valence-electron chi connectivity index (χ1n) is 9.91. The van der Waals surface area contributed by atoms with Crippen LogP contribution in [0.5, 0.6) is 0 Å². The zero-order valence-corrected chi connectivity index (χ0v) is 15.9. The number of aryl methyl sites for hydroxylation is 1. The Hall–Kier alpha value is -3.67. The SMILES string of the molecule is Nc1ncnc2c1c(-n1ccc3ccccc31)nn2C1CCc2ccccc2C1. The van der Waals surface area contributed by atoms with E-state index in [9.17, 15) is 0 Å². The van der Waals surface area contributed by atoms with Gasteiger partial charge in [-0.1, -0.05) is 42.5 Å². The van der Waals surface area contributed by atoms with Crippen LogP contribution in [0.25, 0.3) is 27.8 Å². The molecular formula is C23H20N6. The summed E-state index contributed by atoms with van der Waals surface area (Å²) in [7, 11) is 0. The summed E-state index contributed by atoms with van der Waals surface area (Å²) in [6, 6.07) is 19.3. The number of aromatic nitrogens is 5. The molecule has 0 fully saturated rings. The first-order valence-corrected chi connectivity index (χ1v) is 9.91. The Kier molecular flexibility index (Phi) is 3.47. The molecule has 0 saturated carbocycles. The largest absolute Gasteiger partial charge is 0.383 e.